The number of aliphatic hydroxyl groups excluding tert-OH is 1. The molecule has 0 amide bonds. The van der Waals surface area contributed by atoms with Crippen LogP contribution in [0.2, 0.25) is 0 Å². The minimum atomic E-state index is -3.64. The fraction of sp³-hybridized carbons (Fsp3) is 0.263. The third-order valence-corrected chi connectivity index (χ3v) is 6.53. The van der Waals surface area contributed by atoms with E-state index >= 15 is 0 Å². The standard InChI is InChI=1S/C19H19NO3S/c1-13-6-8-15(9-7-13)24(22,23)20-11-18(17-10-14(17)12-21)16-4-2-3-5-19(16)20/h2-9,11,14,17,21H,10,12H2,1H3/t14-,17-/m1/s1. The Labute approximate surface area is 141 Å². The number of rotatable bonds is 4. The maximum atomic E-state index is 13.1. The average Bonchev–Trinajstić information content (AvgIpc) is 3.26. The molecular formula is C19H19NO3S. The van der Waals surface area contributed by atoms with Gasteiger partial charge < -0.3 is 5.11 Å². The summed E-state index contributed by atoms with van der Waals surface area (Å²) in [5.41, 5.74) is 2.73. The Kier molecular flexibility index (Phi) is 3.51. The van der Waals surface area contributed by atoms with Crippen molar-refractivity contribution in [2.75, 3.05) is 6.61 Å². The Morgan fingerprint density at radius 3 is 2.50 bits per heavy atom. The number of para-hydroxylation sites is 1. The van der Waals surface area contributed by atoms with Crippen molar-refractivity contribution in [1.29, 1.82) is 0 Å². The molecule has 0 spiro atoms. The van der Waals surface area contributed by atoms with Crippen LogP contribution < -0.4 is 0 Å². The van der Waals surface area contributed by atoms with Gasteiger partial charge in [0.25, 0.3) is 10.0 Å². The number of benzene rings is 2. The van der Waals surface area contributed by atoms with Crippen molar-refractivity contribution in [1.82, 2.24) is 3.97 Å². The minimum absolute atomic E-state index is 0.148. The van der Waals surface area contributed by atoms with Crippen molar-refractivity contribution < 1.29 is 13.5 Å². The molecule has 0 saturated heterocycles. The Morgan fingerprint density at radius 2 is 1.83 bits per heavy atom. The van der Waals surface area contributed by atoms with Crippen LogP contribution in [0.1, 0.15) is 23.5 Å². The summed E-state index contributed by atoms with van der Waals surface area (Å²) in [4.78, 5) is 0.287. The minimum Gasteiger partial charge on any atom is -0.396 e. The average molecular weight is 341 g/mol. The molecule has 1 fully saturated rings. The molecule has 2 atom stereocenters. The van der Waals surface area contributed by atoms with Crippen molar-refractivity contribution in [2.45, 2.75) is 24.2 Å². The van der Waals surface area contributed by atoms with E-state index in [1.807, 2.05) is 43.3 Å². The van der Waals surface area contributed by atoms with Gasteiger partial charge in [0.2, 0.25) is 0 Å². The summed E-state index contributed by atoms with van der Waals surface area (Å²) in [6, 6.07) is 14.5. The Morgan fingerprint density at radius 1 is 1.12 bits per heavy atom. The molecule has 1 aliphatic rings. The Bertz CT molecular complexity index is 1000. The Balaban J connectivity index is 1.89. The quantitative estimate of drug-likeness (QED) is 0.792. The molecule has 4 nitrogen and oxygen atoms in total. The third-order valence-electron chi connectivity index (χ3n) is 4.84. The van der Waals surface area contributed by atoms with E-state index in [0.29, 0.717) is 5.52 Å². The van der Waals surface area contributed by atoms with Gasteiger partial charge in [-0.25, -0.2) is 12.4 Å². The highest BCUT2D eigenvalue weighted by Gasteiger charge is 2.40. The fourth-order valence-corrected chi connectivity index (χ4v) is 4.70. The van der Waals surface area contributed by atoms with Crippen LogP contribution in [0.15, 0.2) is 59.6 Å². The molecule has 0 aliphatic heterocycles. The Hall–Kier alpha value is -2.11. The molecule has 3 aromatic rings. The highest BCUT2D eigenvalue weighted by molar-refractivity contribution is 7.90. The summed E-state index contributed by atoms with van der Waals surface area (Å²) >= 11 is 0. The van der Waals surface area contributed by atoms with Gasteiger partial charge in [-0.15, -0.1) is 0 Å². The van der Waals surface area contributed by atoms with E-state index < -0.39 is 10.0 Å². The lowest BCUT2D eigenvalue weighted by Gasteiger charge is -2.07. The molecule has 124 valence electrons. The van der Waals surface area contributed by atoms with E-state index in [1.54, 1.807) is 18.3 Å². The van der Waals surface area contributed by atoms with Crippen LogP contribution in [-0.2, 0) is 10.0 Å². The van der Waals surface area contributed by atoms with Crippen molar-refractivity contribution in [3.05, 3.63) is 65.9 Å². The molecule has 2 aromatic carbocycles. The first-order valence-electron chi connectivity index (χ1n) is 8.05. The summed E-state index contributed by atoms with van der Waals surface area (Å²) in [6.07, 6.45) is 2.65. The van der Waals surface area contributed by atoms with E-state index in [4.69, 9.17) is 0 Å². The molecule has 1 aliphatic carbocycles. The summed E-state index contributed by atoms with van der Waals surface area (Å²) in [6.45, 7) is 2.08. The largest absolute Gasteiger partial charge is 0.396 e. The van der Waals surface area contributed by atoms with Crippen LogP contribution in [-0.4, -0.2) is 24.1 Å². The summed E-state index contributed by atoms with van der Waals surface area (Å²) in [5, 5.41) is 10.3. The van der Waals surface area contributed by atoms with Crippen molar-refractivity contribution in [3.8, 4) is 0 Å². The van der Waals surface area contributed by atoms with Crippen LogP contribution in [0.5, 0.6) is 0 Å². The molecule has 1 N–H and O–H groups in total. The van der Waals surface area contributed by atoms with Crippen LogP contribution in [0.4, 0.5) is 0 Å². The second-order valence-corrected chi connectivity index (χ2v) is 8.32. The second-order valence-electron chi connectivity index (χ2n) is 6.50. The van der Waals surface area contributed by atoms with Gasteiger partial charge in [-0.3, -0.25) is 0 Å². The molecule has 24 heavy (non-hydrogen) atoms. The lowest BCUT2D eigenvalue weighted by Crippen LogP contribution is -2.11. The predicted molar refractivity (Wildman–Crippen MR) is 93.6 cm³/mol. The fourth-order valence-electron chi connectivity index (χ4n) is 3.32. The first-order valence-corrected chi connectivity index (χ1v) is 9.49. The predicted octanol–water partition coefficient (Wildman–Crippen LogP) is 3.28. The zero-order valence-corrected chi connectivity index (χ0v) is 14.2. The maximum absolute atomic E-state index is 13.1. The molecule has 1 saturated carbocycles. The molecule has 1 aromatic heterocycles. The lowest BCUT2D eigenvalue weighted by molar-refractivity contribution is 0.274. The van der Waals surface area contributed by atoms with Gasteiger partial charge in [0, 0.05) is 18.2 Å². The van der Waals surface area contributed by atoms with Crippen LogP contribution >= 0.6 is 0 Å². The summed E-state index contributed by atoms with van der Waals surface area (Å²) < 4.78 is 27.5. The van der Waals surface area contributed by atoms with E-state index in [0.717, 1.165) is 22.9 Å². The first kappa shape index (κ1) is 15.4. The lowest BCUT2D eigenvalue weighted by atomic mass is 10.1. The third kappa shape index (κ3) is 2.36. The van der Waals surface area contributed by atoms with Crippen LogP contribution in [0, 0.1) is 12.8 Å². The molecule has 5 heteroatoms. The number of aryl methyl sites for hydroxylation is 1. The van der Waals surface area contributed by atoms with Gasteiger partial charge in [0.1, 0.15) is 0 Å². The van der Waals surface area contributed by atoms with E-state index in [-0.39, 0.29) is 23.3 Å². The van der Waals surface area contributed by atoms with E-state index in [9.17, 15) is 13.5 Å². The number of hydrogen-bond donors (Lipinski definition) is 1. The monoisotopic (exact) mass is 341 g/mol. The maximum Gasteiger partial charge on any atom is 0.268 e. The summed E-state index contributed by atoms with van der Waals surface area (Å²) in [5.74, 6) is 0.487. The van der Waals surface area contributed by atoms with Crippen LogP contribution in [0.3, 0.4) is 0 Å². The second kappa shape index (κ2) is 5.46. The molecule has 0 unspecified atom stereocenters. The molecule has 0 radical (unpaired) electrons. The number of nitrogens with zero attached hydrogens (tertiary/aromatic N) is 1. The van der Waals surface area contributed by atoms with Gasteiger partial charge in [0.05, 0.1) is 10.4 Å². The highest BCUT2D eigenvalue weighted by Crippen LogP contribution is 2.49. The first-order chi connectivity index (χ1) is 11.5. The smallest absolute Gasteiger partial charge is 0.268 e. The molecule has 1 heterocycles. The van der Waals surface area contributed by atoms with Gasteiger partial charge in [0.15, 0.2) is 0 Å². The van der Waals surface area contributed by atoms with Crippen molar-refractivity contribution >= 4 is 20.9 Å². The highest BCUT2D eigenvalue weighted by atomic mass is 32.2. The topological polar surface area (TPSA) is 59.3 Å². The van der Waals surface area contributed by atoms with Gasteiger partial charge >= 0.3 is 0 Å². The van der Waals surface area contributed by atoms with Gasteiger partial charge in [-0.2, -0.15) is 0 Å². The van der Waals surface area contributed by atoms with Gasteiger partial charge in [-0.1, -0.05) is 35.9 Å². The van der Waals surface area contributed by atoms with Crippen molar-refractivity contribution in [3.63, 3.8) is 0 Å². The van der Waals surface area contributed by atoms with Gasteiger partial charge in [-0.05, 0) is 48.9 Å². The van der Waals surface area contributed by atoms with Crippen molar-refractivity contribution in [2.24, 2.45) is 5.92 Å². The van der Waals surface area contributed by atoms with E-state index in [1.165, 1.54) is 3.97 Å². The zero-order valence-electron chi connectivity index (χ0n) is 13.4. The zero-order chi connectivity index (χ0) is 16.9. The molecule has 0 bridgehead atoms. The number of fused-ring (bicyclic) bond motifs is 1. The van der Waals surface area contributed by atoms with Crippen LogP contribution in [0.25, 0.3) is 10.9 Å². The SMILES string of the molecule is Cc1ccc(S(=O)(=O)n2cc([C@@H]3C[C@@H]3CO)c3ccccc32)cc1. The number of aromatic nitrogens is 1. The molecule has 4 rings (SSSR count). The van der Waals surface area contributed by atoms with E-state index in [2.05, 4.69) is 0 Å². The normalized spacial score (nSPS) is 20.4. The number of hydrogen-bond acceptors (Lipinski definition) is 3. The summed E-state index contributed by atoms with van der Waals surface area (Å²) in [7, 11) is -3.64. The number of aliphatic hydroxyl groups is 1. The molecular weight excluding hydrogens is 322 g/mol.